The van der Waals surface area contributed by atoms with Crippen molar-refractivity contribution >= 4 is 34.6 Å². The lowest BCUT2D eigenvalue weighted by Gasteiger charge is -2.17. The summed E-state index contributed by atoms with van der Waals surface area (Å²) < 4.78 is 6.16. The highest BCUT2D eigenvalue weighted by Crippen LogP contribution is 2.33. The van der Waals surface area contributed by atoms with E-state index < -0.39 is 0 Å². The molecule has 0 radical (unpaired) electrons. The normalized spacial score (nSPS) is 15.0. The van der Waals surface area contributed by atoms with Gasteiger partial charge in [-0.3, -0.25) is 9.89 Å². The molecule has 5 rings (SSSR count). The summed E-state index contributed by atoms with van der Waals surface area (Å²) in [6.45, 7) is 5.69. The van der Waals surface area contributed by atoms with Crippen molar-refractivity contribution in [3.05, 3.63) is 66.0 Å². The molecule has 0 spiro atoms. The second-order valence-corrected chi connectivity index (χ2v) is 8.82. The fourth-order valence-corrected chi connectivity index (χ4v) is 4.23. The van der Waals surface area contributed by atoms with Crippen LogP contribution < -0.4 is 20.7 Å². The molecule has 190 valence electrons. The Kier molecular flexibility index (Phi) is 6.84. The van der Waals surface area contributed by atoms with E-state index in [2.05, 4.69) is 36.1 Å². The number of likely N-dealkylation sites (tertiary alicyclic amines) is 1. The molecule has 3 amide bonds. The maximum Gasteiger partial charge on any atom is 0.317 e. The Morgan fingerprint density at radius 2 is 1.95 bits per heavy atom. The molecule has 4 aromatic rings. The number of H-pyrrole nitrogens is 1. The first-order valence-electron chi connectivity index (χ1n) is 12.1. The number of amides is 3. The van der Waals surface area contributed by atoms with Crippen LogP contribution in [0.5, 0.6) is 11.5 Å². The van der Waals surface area contributed by atoms with Crippen molar-refractivity contribution in [3.8, 4) is 11.5 Å². The van der Waals surface area contributed by atoms with E-state index in [9.17, 15) is 9.59 Å². The predicted molar refractivity (Wildman–Crippen MR) is 140 cm³/mol. The molecule has 0 aliphatic carbocycles. The van der Waals surface area contributed by atoms with Crippen molar-refractivity contribution in [3.63, 3.8) is 0 Å². The van der Waals surface area contributed by atoms with Gasteiger partial charge in [0.1, 0.15) is 22.7 Å². The third-order valence-electron chi connectivity index (χ3n) is 6.07. The van der Waals surface area contributed by atoms with E-state index >= 15 is 0 Å². The number of aryl methyl sites for hydroxylation is 1. The molecule has 37 heavy (non-hydrogen) atoms. The van der Waals surface area contributed by atoms with Crippen LogP contribution in [0.25, 0.3) is 11.0 Å². The minimum atomic E-state index is -0.254. The Balaban J connectivity index is 1.28. The van der Waals surface area contributed by atoms with Crippen molar-refractivity contribution in [1.29, 1.82) is 0 Å². The quantitative estimate of drug-likeness (QED) is 0.302. The smallest absolute Gasteiger partial charge is 0.317 e. The summed E-state index contributed by atoms with van der Waals surface area (Å²) in [5, 5.41) is 17.1. The number of hydrogen-bond donors (Lipinski definition) is 4. The van der Waals surface area contributed by atoms with Crippen LogP contribution in [0, 0.1) is 6.92 Å². The van der Waals surface area contributed by atoms with Crippen LogP contribution in [0.1, 0.15) is 29.3 Å². The highest BCUT2D eigenvalue weighted by atomic mass is 16.5. The first-order chi connectivity index (χ1) is 18.0. The molecule has 1 aliphatic heterocycles. The molecule has 0 bridgehead atoms. The summed E-state index contributed by atoms with van der Waals surface area (Å²) in [6, 6.07) is 12.3. The number of aromatic amines is 1. The van der Waals surface area contributed by atoms with Gasteiger partial charge in [-0.1, -0.05) is 0 Å². The SMILES string of the molecule is CCNC(=O)N1CC[C@@H](Nc2n[nH]c3nccc(Oc4ccc(C(=O)Nc5cc(C)ccn5)cc4)c23)C1. The molecule has 11 heteroatoms. The number of hydrogen-bond acceptors (Lipinski definition) is 7. The molecule has 3 aromatic heterocycles. The first-order valence-corrected chi connectivity index (χ1v) is 12.1. The molecule has 1 atom stereocenters. The Bertz CT molecular complexity index is 1420. The van der Waals surface area contributed by atoms with E-state index in [1.165, 1.54) is 0 Å². The summed E-state index contributed by atoms with van der Waals surface area (Å²) in [5.41, 5.74) is 2.08. The molecule has 0 unspecified atom stereocenters. The number of rotatable bonds is 7. The average molecular weight is 501 g/mol. The summed E-state index contributed by atoms with van der Waals surface area (Å²) in [4.78, 5) is 35.1. The van der Waals surface area contributed by atoms with Gasteiger partial charge >= 0.3 is 6.03 Å². The monoisotopic (exact) mass is 500 g/mol. The number of ether oxygens (including phenoxy) is 1. The lowest BCUT2D eigenvalue weighted by Crippen LogP contribution is -2.39. The van der Waals surface area contributed by atoms with E-state index in [0.29, 0.717) is 59.4 Å². The van der Waals surface area contributed by atoms with Crippen molar-refractivity contribution in [2.45, 2.75) is 26.3 Å². The maximum absolute atomic E-state index is 12.6. The maximum atomic E-state index is 12.6. The van der Waals surface area contributed by atoms with Crippen LogP contribution in [-0.4, -0.2) is 62.7 Å². The van der Waals surface area contributed by atoms with E-state index in [1.54, 1.807) is 47.6 Å². The van der Waals surface area contributed by atoms with Crippen molar-refractivity contribution < 1.29 is 14.3 Å². The van der Waals surface area contributed by atoms with Crippen molar-refractivity contribution in [1.82, 2.24) is 30.4 Å². The molecular formula is C26H28N8O3. The molecular weight excluding hydrogens is 472 g/mol. The van der Waals surface area contributed by atoms with Crippen LogP contribution in [-0.2, 0) is 0 Å². The molecule has 11 nitrogen and oxygen atoms in total. The third kappa shape index (κ3) is 5.45. The van der Waals surface area contributed by atoms with Gasteiger partial charge in [-0.2, -0.15) is 5.10 Å². The molecule has 1 aliphatic rings. The van der Waals surface area contributed by atoms with Crippen LogP contribution in [0.15, 0.2) is 54.9 Å². The van der Waals surface area contributed by atoms with Crippen LogP contribution in [0.3, 0.4) is 0 Å². The minimum absolute atomic E-state index is 0.0582. The van der Waals surface area contributed by atoms with E-state index in [1.807, 2.05) is 26.0 Å². The van der Waals surface area contributed by atoms with Gasteiger partial charge in [0.05, 0.1) is 0 Å². The summed E-state index contributed by atoms with van der Waals surface area (Å²) in [7, 11) is 0. The Morgan fingerprint density at radius 3 is 2.73 bits per heavy atom. The highest BCUT2D eigenvalue weighted by Gasteiger charge is 2.27. The van der Waals surface area contributed by atoms with E-state index in [-0.39, 0.29) is 18.0 Å². The third-order valence-corrected chi connectivity index (χ3v) is 6.07. The average Bonchev–Trinajstić information content (AvgIpc) is 3.53. The molecule has 4 heterocycles. The number of nitrogens with one attached hydrogen (secondary N) is 4. The summed E-state index contributed by atoms with van der Waals surface area (Å²) in [6.07, 6.45) is 4.11. The zero-order valence-corrected chi connectivity index (χ0v) is 20.6. The Morgan fingerprint density at radius 1 is 1.14 bits per heavy atom. The minimum Gasteiger partial charge on any atom is -0.456 e. The Hall–Kier alpha value is -4.67. The number of aromatic nitrogens is 4. The molecule has 1 aromatic carbocycles. The zero-order valence-electron chi connectivity index (χ0n) is 20.6. The van der Waals surface area contributed by atoms with Crippen LogP contribution in [0.2, 0.25) is 0 Å². The summed E-state index contributed by atoms with van der Waals surface area (Å²) >= 11 is 0. The standard InChI is InChI=1S/C26H28N8O3/c1-3-27-26(36)34-13-10-18(15-34)30-24-22-20(9-12-29-23(22)32-33-24)37-19-6-4-17(5-7-19)25(35)31-21-14-16(2)8-11-28-21/h4-9,11-12,14,18H,3,10,13,15H2,1-2H3,(H,27,36)(H,28,31,35)(H2,29,30,32,33)/t18-/m1/s1. The van der Waals surface area contributed by atoms with Gasteiger partial charge in [-0.15, -0.1) is 0 Å². The van der Waals surface area contributed by atoms with Gasteiger partial charge in [-0.05, 0) is 62.2 Å². The highest BCUT2D eigenvalue weighted by molar-refractivity contribution is 6.03. The second kappa shape index (κ2) is 10.5. The molecule has 0 saturated carbocycles. The zero-order chi connectivity index (χ0) is 25.8. The Labute approximate surface area is 213 Å². The van der Waals surface area contributed by atoms with Gasteiger partial charge in [0.15, 0.2) is 11.5 Å². The van der Waals surface area contributed by atoms with E-state index in [4.69, 9.17) is 4.74 Å². The number of pyridine rings is 2. The van der Waals surface area contributed by atoms with Gasteiger partial charge in [-0.25, -0.2) is 14.8 Å². The number of nitrogens with zero attached hydrogens (tertiary/aromatic N) is 4. The fraction of sp³-hybridized carbons (Fsp3) is 0.269. The van der Waals surface area contributed by atoms with Crippen LogP contribution >= 0.6 is 0 Å². The van der Waals surface area contributed by atoms with Crippen LogP contribution in [0.4, 0.5) is 16.4 Å². The number of anilines is 2. The van der Waals surface area contributed by atoms with E-state index in [0.717, 1.165) is 12.0 Å². The topological polar surface area (TPSA) is 137 Å². The fourth-order valence-electron chi connectivity index (χ4n) is 4.23. The summed E-state index contributed by atoms with van der Waals surface area (Å²) in [5.74, 6) is 1.99. The van der Waals surface area contributed by atoms with Gasteiger partial charge in [0.2, 0.25) is 0 Å². The van der Waals surface area contributed by atoms with Gasteiger partial charge < -0.3 is 25.6 Å². The molecule has 1 saturated heterocycles. The van der Waals surface area contributed by atoms with Crippen molar-refractivity contribution in [2.24, 2.45) is 0 Å². The largest absolute Gasteiger partial charge is 0.456 e. The number of urea groups is 1. The number of fused-ring (bicyclic) bond motifs is 1. The van der Waals surface area contributed by atoms with Crippen molar-refractivity contribution in [2.75, 3.05) is 30.3 Å². The first kappa shape index (κ1) is 24.0. The second-order valence-electron chi connectivity index (χ2n) is 8.82. The number of benzene rings is 1. The van der Waals surface area contributed by atoms with Gasteiger partial charge in [0.25, 0.3) is 5.91 Å². The molecule has 4 N–H and O–H groups in total. The number of carbonyl (C=O) groups is 2. The molecule has 1 fully saturated rings. The van der Waals surface area contributed by atoms with Gasteiger partial charge in [0, 0.05) is 49.7 Å². The lowest BCUT2D eigenvalue weighted by atomic mass is 10.2. The predicted octanol–water partition coefficient (Wildman–Crippen LogP) is 3.92. The number of carbonyl (C=O) groups excluding carboxylic acids is 2. The lowest BCUT2D eigenvalue weighted by molar-refractivity contribution is 0.102.